The Kier molecular flexibility index (Phi) is 5.42. The average molecular weight is 294 g/mol. The van der Waals surface area contributed by atoms with Gasteiger partial charge in [0.1, 0.15) is 0 Å². The highest BCUT2D eigenvalue weighted by molar-refractivity contribution is 5.30. The second kappa shape index (κ2) is 7.09. The molecule has 1 aliphatic rings. The van der Waals surface area contributed by atoms with Crippen molar-refractivity contribution in [3.8, 4) is 5.75 Å². The van der Waals surface area contributed by atoms with Crippen LogP contribution in [0.25, 0.3) is 0 Å². The molecule has 0 saturated carbocycles. The van der Waals surface area contributed by atoms with Crippen molar-refractivity contribution in [2.75, 3.05) is 13.1 Å². The number of hydrogen-bond donors (Lipinski definition) is 2. The fraction of sp³-hybridized carbons (Fsp3) is 0.688. The topological polar surface area (TPSA) is 65.7 Å². The van der Waals surface area contributed by atoms with Crippen LogP contribution in [0.3, 0.4) is 0 Å². The number of nitrogens with zero attached hydrogens (tertiary/aromatic N) is 2. The van der Waals surface area contributed by atoms with Gasteiger partial charge >= 0.3 is 0 Å². The zero-order chi connectivity index (χ0) is 15.4. The summed E-state index contributed by atoms with van der Waals surface area (Å²) in [5, 5.41) is 19.7. The minimum absolute atomic E-state index is 0.168. The summed E-state index contributed by atoms with van der Waals surface area (Å²) in [6, 6.07) is 1.34. The molecule has 2 heterocycles. The van der Waals surface area contributed by atoms with Gasteiger partial charge < -0.3 is 14.8 Å². The minimum atomic E-state index is -0.397. The fourth-order valence-corrected chi connectivity index (χ4v) is 2.95. The van der Waals surface area contributed by atoms with Crippen LogP contribution in [0.15, 0.2) is 10.9 Å². The van der Waals surface area contributed by atoms with Crippen molar-refractivity contribution in [2.24, 2.45) is 5.92 Å². The molecule has 2 N–H and O–H groups in total. The monoisotopic (exact) mass is 294 g/mol. The van der Waals surface area contributed by atoms with E-state index in [1.54, 1.807) is 0 Å². The van der Waals surface area contributed by atoms with Gasteiger partial charge in [0.2, 0.25) is 5.43 Å². The molecular weight excluding hydrogens is 268 g/mol. The molecule has 0 atom stereocenters. The van der Waals surface area contributed by atoms with Gasteiger partial charge in [0.15, 0.2) is 5.75 Å². The molecule has 0 spiro atoms. The molecule has 0 unspecified atom stereocenters. The van der Waals surface area contributed by atoms with Crippen molar-refractivity contribution < 1.29 is 10.2 Å². The Bertz CT molecular complexity index is 531. The fourth-order valence-electron chi connectivity index (χ4n) is 2.95. The van der Waals surface area contributed by atoms with Gasteiger partial charge in [-0.3, -0.25) is 9.69 Å². The Labute approximate surface area is 125 Å². The number of aliphatic hydroxyl groups is 1. The van der Waals surface area contributed by atoms with Crippen LogP contribution < -0.4 is 5.43 Å². The number of aromatic hydroxyl groups is 1. The third-order valence-corrected chi connectivity index (χ3v) is 4.01. The molecule has 0 aromatic carbocycles. The van der Waals surface area contributed by atoms with Crippen molar-refractivity contribution >= 4 is 0 Å². The molecule has 2 rings (SSSR count). The molecule has 1 aliphatic heterocycles. The smallest absolute Gasteiger partial charge is 0.223 e. The van der Waals surface area contributed by atoms with Crippen molar-refractivity contribution in [2.45, 2.75) is 52.8 Å². The summed E-state index contributed by atoms with van der Waals surface area (Å²) in [6.07, 6.45) is 3.57. The first kappa shape index (κ1) is 16.0. The molecule has 0 bridgehead atoms. The van der Waals surface area contributed by atoms with Gasteiger partial charge in [-0.1, -0.05) is 20.3 Å². The summed E-state index contributed by atoms with van der Waals surface area (Å²) in [7, 11) is 0. The number of rotatable bonds is 5. The van der Waals surface area contributed by atoms with Crippen molar-refractivity contribution in [1.29, 1.82) is 0 Å². The van der Waals surface area contributed by atoms with E-state index in [2.05, 4.69) is 18.7 Å². The molecule has 1 fully saturated rings. The summed E-state index contributed by atoms with van der Waals surface area (Å²) >= 11 is 0. The van der Waals surface area contributed by atoms with Crippen LogP contribution in [0.1, 0.15) is 44.5 Å². The van der Waals surface area contributed by atoms with Crippen molar-refractivity contribution in [3.05, 3.63) is 27.7 Å². The largest absolute Gasteiger partial charge is 0.503 e. The molecule has 0 aliphatic carbocycles. The molecule has 21 heavy (non-hydrogen) atoms. The second-order valence-electron chi connectivity index (χ2n) is 6.29. The van der Waals surface area contributed by atoms with E-state index in [0.717, 1.165) is 25.9 Å². The van der Waals surface area contributed by atoms with Crippen LogP contribution in [-0.2, 0) is 19.7 Å². The molecule has 1 aromatic heterocycles. The normalized spacial score (nSPS) is 16.6. The van der Waals surface area contributed by atoms with E-state index >= 15 is 0 Å². The third-order valence-electron chi connectivity index (χ3n) is 4.01. The number of piperidine rings is 1. The molecule has 5 nitrogen and oxygen atoms in total. The first-order valence-electron chi connectivity index (χ1n) is 7.80. The maximum atomic E-state index is 11.9. The van der Waals surface area contributed by atoms with Crippen LogP contribution in [0.2, 0.25) is 0 Å². The number of hydrogen-bond acceptors (Lipinski definition) is 4. The van der Waals surface area contributed by atoms with E-state index in [0.29, 0.717) is 30.4 Å². The maximum Gasteiger partial charge on any atom is 0.223 e. The second-order valence-corrected chi connectivity index (χ2v) is 6.29. The quantitative estimate of drug-likeness (QED) is 0.867. The predicted octanol–water partition coefficient (Wildman–Crippen LogP) is 1.69. The summed E-state index contributed by atoms with van der Waals surface area (Å²) in [5.41, 5.74) is 0.826. The third kappa shape index (κ3) is 3.86. The first-order chi connectivity index (χ1) is 10.0. The predicted molar refractivity (Wildman–Crippen MR) is 82.3 cm³/mol. The molecular formula is C16H26N2O3. The van der Waals surface area contributed by atoms with E-state index in [9.17, 15) is 15.0 Å². The Morgan fingerprint density at radius 2 is 1.90 bits per heavy atom. The Hall–Kier alpha value is -1.33. The lowest BCUT2D eigenvalue weighted by Crippen LogP contribution is -2.32. The van der Waals surface area contributed by atoms with E-state index in [1.165, 1.54) is 12.5 Å². The lowest BCUT2D eigenvalue weighted by atomic mass is 10.1. The average Bonchev–Trinajstić information content (AvgIpc) is 2.47. The zero-order valence-corrected chi connectivity index (χ0v) is 13.0. The Morgan fingerprint density at radius 3 is 2.48 bits per heavy atom. The van der Waals surface area contributed by atoms with Crippen LogP contribution in [-0.4, -0.2) is 32.8 Å². The number of pyridine rings is 1. The van der Waals surface area contributed by atoms with E-state index in [1.807, 2.05) is 4.57 Å². The van der Waals surface area contributed by atoms with Crippen LogP contribution in [0.4, 0.5) is 0 Å². The zero-order valence-electron chi connectivity index (χ0n) is 13.0. The highest BCUT2D eigenvalue weighted by Crippen LogP contribution is 2.21. The van der Waals surface area contributed by atoms with Crippen molar-refractivity contribution in [1.82, 2.24) is 9.47 Å². The maximum absolute atomic E-state index is 11.9. The van der Waals surface area contributed by atoms with Gasteiger partial charge in [-0.05, 0) is 31.8 Å². The molecule has 1 saturated heterocycles. The standard InChI is InChI=1S/C16H26N2O3/c1-12(2)9-18-13(11-19)8-15(20)16(21)14(18)10-17-6-4-3-5-7-17/h8,12,19,21H,3-7,9-11H2,1-2H3. The molecule has 5 heteroatoms. The molecule has 0 radical (unpaired) electrons. The number of aromatic nitrogens is 1. The van der Waals surface area contributed by atoms with E-state index in [4.69, 9.17) is 0 Å². The van der Waals surface area contributed by atoms with Gasteiger partial charge in [-0.15, -0.1) is 0 Å². The minimum Gasteiger partial charge on any atom is -0.503 e. The molecule has 118 valence electrons. The SMILES string of the molecule is CC(C)Cn1c(CO)cc(=O)c(O)c1CN1CCCCC1. The lowest BCUT2D eigenvalue weighted by molar-refractivity contribution is 0.207. The highest BCUT2D eigenvalue weighted by atomic mass is 16.3. The van der Waals surface area contributed by atoms with Gasteiger partial charge in [-0.2, -0.15) is 0 Å². The summed E-state index contributed by atoms with van der Waals surface area (Å²) in [5.74, 6) is 0.204. The van der Waals surface area contributed by atoms with Crippen LogP contribution in [0, 0.1) is 5.92 Å². The van der Waals surface area contributed by atoms with E-state index < -0.39 is 5.43 Å². The number of likely N-dealkylation sites (tertiary alicyclic amines) is 1. The Morgan fingerprint density at radius 1 is 1.24 bits per heavy atom. The van der Waals surface area contributed by atoms with E-state index in [-0.39, 0.29) is 12.4 Å². The van der Waals surface area contributed by atoms with Gasteiger partial charge in [0, 0.05) is 24.8 Å². The lowest BCUT2D eigenvalue weighted by Gasteiger charge is -2.29. The Balaban J connectivity index is 2.39. The number of aliphatic hydroxyl groups excluding tert-OH is 1. The van der Waals surface area contributed by atoms with Crippen LogP contribution in [0.5, 0.6) is 5.75 Å². The summed E-state index contributed by atoms with van der Waals surface area (Å²) < 4.78 is 1.91. The van der Waals surface area contributed by atoms with Crippen molar-refractivity contribution in [3.63, 3.8) is 0 Å². The van der Waals surface area contributed by atoms with Gasteiger partial charge in [0.25, 0.3) is 0 Å². The first-order valence-corrected chi connectivity index (χ1v) is 7.80. The highest BCUT2D eigenvalue weighted by Gasteiger charge is 2.19. The van der Waals surface area contributed by atoms with Gasteiger partial charge in [0.05, 0.1) is 12.3 Å². The molecule has 0 amide bonds. The molecule has 1 aromatic rings. The van der Waals surface area contributed by atoms with Crippen LogP contribution >= 0.6 is 0 Å². The van der Waals surface area contributed by atoms with Gasteiger partial charge in [-0.25, -0.2) is 0 Å². The summed E-state index contributed by atoms with van der Waals surface area (Å²) in [4.78, 5) is 14.2. The summed E-state index contributed by atoms with van der Waals surface area (Å²) in [6.45, 7) is 7.24.